The molecule has 1 rings (SSSR count). The van der Waals surface area contributed by atoms with E-state index in [1.165, 1.54) is 10.9 Å². The second kappa shape index (κ2) is 3.26. The number of hydrogen-bond acceptors (Lipinski definition) is 3. The molecule has 0 aliphatic carbocycles. The molecule has 3 N–H and O–H groups in total. The summed E-state index contributed by atoms with van der Waals surface area (Å²) in [7, 11) is 0. The molecule has 0 atom stereocenters. The average molecular weight is 183 g/mol. The van der Waals surface area contributed by atoms with E-state index in [4.69, 9.17) is 10.8 Å². The summed E-state index contributed by atoms with van der Waals surface area (Å²) >= 11 is 0. The summed E-state index contributed by atoms with van der Waals surface area (Å²) in [4.78, 5) is 21.0. The van der Waals surface area contributed by atoms with Crippen molar-refractivity contribution >= 4 is 11.9 Å². The van der Waals surface area contributed by atoms with E-state index in [1.54, 1.807) is 6.92 Å². The van der Waals surface area contributed by atoms with E-state index in [0.717, 1.165) is 0 Å². The lowest BCUT2D eigenvalue weighted by Gasteiger charge is -1.93. The lowest BCUT2D eigenvalue weighted by molar-refractivity contribution is -0.118. The first-order valence-electron chi connectivity index (χ1n) is 3.56. The van der Waals surface area contributed by atoms with Gasteiger partial charge in [0, 0.05) is 6.20 Å². The van der Waals surface area contributed by atoms with Gasteiger partial charge in [-0.1, -0.05) is 0 Å². The molecule has 0 spiro atoms. The molecule has 0 aromatic carbocycles. The molecule has 0 radical (unpaired) electrons. The number of carboxylic acid groups (broad SMARTS) is 1. The summed E-state index contributed by atoms with van der Waals surface area (Å²) < 4.78 is 1.21. The van der Waals surface area contributed by atoms with Gasteiger partial charge in [0.1, 0.15) is 12.1 Å². The monoisotopic (exact) mass is 183 g/mol. The summed E-state index contributed by atoms with van der Waals surface area (Å²) in [6, 6.07) is 0. The van der Waals surface area contributed by atoms with E-state index in [9.17, 15) is 9.59 Å². The number of carbonyl (C=O) groups is 2. The molecule has 0 fully saturated rings. The van der Waals surface area contributed by atoms with E-state index in [2.05, 4.69) is 5.10 Å². The van der Waals surface area contributed by atoms with Gasteiger partial charge < -0.3 is 10.8 Å². The first kappa shape index (κ1) is 9.24. The minimum Gasteiger partial charge on any atom is -0.478 e. The number of rotatable bonds is 3. The highest BCUT2D eigenvalue weighted by molar-refractivity contribution is 5.88. The van der Waals surface area contributed by atoms with Crippen molar-refractivity contribution in [3.8, 4) is 0 Å². The van der Waals surface area contributed by atoms with Crippen molar-refractivity contribution in [1.82, 2.24) is 9.78 Å². The zero-order valence-corrected chi connectivity index (χ0v) is 7.02. The molecule has 0 saturated heterocycles. The van der Waals surface area contributed by atoms with Gasteiger partial charge in [0.05, 0.1) is 5.69 Å². The number of aromatic nitrogens is 2. The van der Waals surface area contributed by atoms with Crippen molar-refractivity contribution in [1.29, 1.82) is 0 Å². The Morgan fingerprint density at radius 3 is 2.69 bits per heavy atom. The van der Waals surface area contributed by atoms with Gasteiger partial charge in [-0.25, -0.2) is 4.79 Å². The maximum atomic E-state index is 10.6. The third-order valence-electron chi connectivity index (χ3n) is 1.49. The Hall–Kier alpha value is -1.85. The van der Waals surface area contributed by atoms with Gasteiger partial charge in [0.15, 0.2) is 0 Å². The fourth-order valence-electron chi connectivity index (χ4n) is 0.968. The zero-order chi connectivity index (χ0) is 10.0. The molecule has 0 bridgehead atoms. The van der Waals surface area contributed by atoms with Crippen LogP contribution in [0.1, 0.15) is 16.1 Å². The smallest absolute Gasteiger partial charge is 0.339 e. The van der Waals surface area contributed by atoms with E-state index in [-0.39, 0.29) is 12.1 Å². The Kier molecular flexibility index (Phi) is 2.32. The average Bonchev–Trinajstić information content (AvgIpc) is 2.29. The molecule has 13 heavy (non-hydrogen) atoms. The van der Waals surface area contributed by atoms with Gasteiger partial charge >= 0.3 is 5.97 Å². The van der Waals surface area contributed by atoms with Crippen molar-refractivity contribution < 1.29 is 14.7 Å². The first-order valence-corrected chi connectivity index (χ1v) is 3.56. The number of carboxylic acids is 1. The van der Waals surface area contributed by atoms with Crippen LogP contribution in [0.5, 0.6) is 0 Å². The fourth-order valence-corrected chi connectivity index (χ4v) is 0.968. The van der Waals surface area contributed by atoms with Crippen LogP contribution in [-0.2, 0) is 11.3 Å². The van der Waals surface area contributed by atoms with Crippen molar-refractivity contribution in [3.05, 3.63) is 17.5 Å². The van der Waals surface area contributed by atoms with Gasteiger partial charge in [0.2, 0.25) is 5.91 Å². The number of carbonyl (C=O) groups excluding carboxylic acids is 1. The van der Waals surface area contributed by atoms with Crippen molar-refractivity contribution in [3.63, 3.8) is 0 Å². The van der Waals surface area contributed by atoms with E-state index >= 15 is 0 Å². The molecule has 0 aliphatic heterocycles. The van der Waals surface area contributed by atoms with Crippen molar-refractivity contribution in [2.24, 2.45) is 5.73 Å². The second-order valence-corrected chi connectivity index (χ2v) is 2.60. The maximum absolute atomic E-state index is 10.6. The number of nitrogens with zero attached hydrogens (tertiary/aromatic N) is 2. The van der Waals surface area contributed by atoms with Gasteiger partial charge in [-0.2, -0.15) is 5.10 Å². The van der Waals surface area contributed by atoms with Crippen LogP contribution in [0.15, 0.2) is 6.20 Å². The van der Waals surface area contributed by atoms with Gasteiger partial charge in [0.25, 0.3) is 0 Å². The SMILES string of the molecule is Cc1nn(CC(N)=O)cc1C(=O)O. The highest BCUT2D eigenvalue weighted by Crippen LogP contribution is 2.04. The summed E-state index contributed by atoms with van der Waals surface area (Å²) in [6.45, 7) is 1.45. The van der Waals surface area contributed by atoms with Crippen LogP contribution in [0, 0.1) is 6.92 Å². The molecule has 1 aromatic rings. The number of aryl methyl sites for hydroxylation is 1. The van der Waals surface area contributed by atoms with E-state index in [1.807, 2.05) is 0 Å². The van der Waals surface area contributed by atoms with Gasteiger partial charge in [-0.05, 0) is 6.92 Å². The van der Waals surface area contributed by atoms with Crippen LogP contribution < -0.4 is 5.73 Å². The number of hydrogen-bond donors (Lipinski definition) is 2. The highest BCUT2D eigenvalue weighted by Gasteiger charge is 2.11. The standard InChI is InChI=1S/C7H9N3O3/c1-4-5(7(12)13)2-10(9-4)3-6(8)11/h2H,3H2,1H3,(H2,8,11)(H,12,13). The largest absolute Gasteiger partial charge is 0.478 e. The Bertz CT molecular complexity index is 356. The maximum Gasteiger partial charge on any atom is 0.339 e. The van der Waals surface area contributed by atoms with Crippen LogP contribution in [0.2, 0.25) is 0 Å². The minimum atomic E-state index is -1.06. The van der Waals surface area contributed by atoms with Crippen LogP contribution in [0.4, 0.5) is 0 Å². The molecular weight excluding hydrogens is 174 g/mol. The number of primary amides is 1. The zero-order valence-electron chi connectivity index (χ0n) is 7.02. The molecule has 6 nitrogen and oxygen atoms in total. The molecule has 0 unspecified atom stereocenters. The predicted molar refractivity (Wildman–Crippen MR) is 43.1 cm³/mol. The molecule has 70 valence electrons. The van der Waals surface area contributed by atoms with Crippen LogP contribution in [0.3, 0.4) is 0 Å². The first-order chi connectivity index (χ1) is 6.00. The van der Waals surface area contributed by atoms with Crippen molar-refractivity contribution in [2.75, 3.05) is 0 Å². The number of amides is 1. The normalized spacial score (nSPS) is 9.92. The third-order valence-corrected chi connectivity index (χ3v) is 1.49. The number of nitrogens with two attached hydrogens (primary N) is 1. The van der Waals surface area contributed by atoms with Crippen molar-refractivity contribution in [2.45, 2.75) is 13.5 Å². The van der Waals surface area contributed by atoms with Crippen LogP contribution >= 0.6 is 0 Å². The van der Waals surface area contributed by atoms with Crippen LogP contribution in [-0.4, -0.2) is 26.8 Å². The Labute approximate surface area is 74.0 Å². The summed E-state index contributed by atoms with van der Waals surface area (Å²) in [5.41, 5.74) is 5.37. The van der Waals surface area contributed by atoms with E-state index < -0.39 is 11.9 Å². The molecule has 6 heteroatoms. The Morgan fingerprint density at radius 1 is 1.69 bits per heavy atom. The molecule has 1 amide bonds. The third kappa shape index (κ3) is 2.05. The lowest BCUT2D eigenvalue weighted by Crippen LogP contribution is -2.18. The van der Waals surface area contributed by atoms with Gasteiger partial charge in [-0.15, -0.1) is 0 Å². The van der Waals surface area contributed by atoms with Gasteiger partial charge in [-0.3, -0.25) is 9.48 Å². The topological polar surface area (TPSA) is 98.2 Å². The quantitative estimate of drug-likeness (QED) is 0.652. The molecule has 0 aliphatic rings. The highest BCUT2D eigenvalue weighted by atomic mass is 16.4. The minimum absolute atomic E-state index is 0.0845. The lowest BCUT2D eigenvalue weighted by atomic mass is 10.3. The fraction of sp³-hybridized carbons (Fsp3) is 0.286. The molecule has 1 aromatic heterocycles. The Morgan fingerprint density at radius 2 is 2.31 bits per heavy atom. The van der Waals surface area contributed by atoms with Crippen LogP contribution in [0.25, 0.3) is 0 Å². The summed E-state index contributed by atoms with van der Waals surface area (Å²) in [5.74, 6) is -1.62. The second-order valence-electron chi connectivity index (χ2n) is 2.60. The Balaban J connectivity index is 2.95. The molecule has 0 saturated carbocycles. The molecule has 1 heterocycles. The molecular formula is C7H9N3O3. The van der Waals surface area contributed by atoms with E-state index in [0.29, 0.717) is 5.69 Å². The predicted octanol–water partition coefficient (Wildman–Crippen LogP) is -0.625. The number of aromatic carboxylic acids is 1. The summed E-state index contributed by atoms with van der Waals surface area (Å²) in [5, 5.41) is 12.5. The summed E-state index contributed by atoms with van der Waals surface area (Å²) in [6.07, 6.45) is 1.28.